The molecular weight excluding hydrogens is 358 g/mol. The number of carbonyl (C=O) groups is 2. The third kappa shape index (κ3) is 3.57. The van der Waals surface area contributed by atoms with E-state index in [0.717, 1.165) is 10.2 Å². The van der Waals surface area contributed by atoms with Crippen molar-refractivity contribution in [2.75, 3.05) is 0 Å². The maximum atomic E-state index is 12.5. The maximum Gasteiger partial charge on any atom is 0.357 e. The Kier molecular flexibility index (Phi) is 4.99. The lowest BCUT2D eigenvalue weighted by Crippen LogP contribution is -2.34. The van der Waals surface area contributed by atoms with Gasteiger partial charge in [-0.15, -0.1) is 0 Å². The Labute approximate surface area is 152 Å². The Morgan fingerprint density at radius 2 is 1.73 bits per heavy atom. The number of rotatable bonds is 5. The molecule has 132 valence electrons. The summed E-state index contributed by atoms with van der Waals surface area (Å²) in [6, 6.07) is 13.3. The number of aromatic nitrogens is 2. The molecule has 1 aromatic heterocycles. The summed E-state index contributed by atoms with van der Waals surface area (Å²) in [5.74, 6) is -1.75. The lowest BCUT2D eigenvalue weighted by molar-refractivity contribution is -0.122. The molecule has 0 aliphatic heterocycles. The summed E-state index contributed by atoms with van der Waals surface area (Å²) in [6.07, 6.45) is 0. The lowest BCUT2D eigenvalue weighted by Gasteiger charge is -2.10. The summed E-state index contributed by atoms with van der Waals surface area (Å²) in [4.78, 5) is 36.1. The van der Waals surface area contributed by atoms with Gasteiger partial charge in [-0.1, -0.05) is 48.0 Å². The Hall–Kier alpha value is -3.19. The van der Waals surface area contributed by atoms with Crippen LogP contribution >= 0.6 is 11.6 Å². The Morgan fingerprint density at radius 3 is 2.42 bits per heavy atom. The van der Waals surface area contributed by atoms with Crippen LogP contribution in [0, 0.1) is 0 Å². The molecule has 1 amide bonds. The van der Waals surface area contributed by atoms with Crippen molar-refractivity contribution in [1.29, 1.82) is 0 Å². The molecule has 8 heteroatoms. The van der Waals surface area contributed by atoms with Crippen molar-refractivity contribution >= 4 is 34.2 Å². The van der Waals surface area contributed by atoms with Gasteiger partial charge in [-0.25, -0.2) is 9.48 Å². The lowest BCUT2D eigenvalue weighted by atomic mass is 10.1. The van der Waals surface area contributed by atoms with Crippen molar-refractivity contribution in [1.82, 2.24) is 15.1 Å². The summed E-state index contributed by atoms with van der Waals surface area (Å²) in [5, 5.41) is 16.7. The van der Waals surface area contributed by atoms with Gasteiger partial charge in [0.2, 0.25) is 5.91 Å². The number of nitrogens with one attached hydrogen (secondary N) is 1. The number of carboxylic acid groups (broad SMARTS) is 1. The highest BCUT2D eigenvalue weighted by atomic mass is 35.5. The van der Waals surface area contributed by atoms with E-state index in [-0.39, 0.29) is 23.0 Å². The minimum absolute atomic E-state index is 0.187. The highest BCUT2D eigenvalue weighted by molar-refractivity contribution is 6.31. The van der Waals surface area contributed by atoms with Crippen molar-refractivity contribution in [2.45, 2.75) is 13.1 Å². The average molecular weight is 372 g/mol. The molecule has 0 aliphatic carbocycles. The monoisotopic (exact) mass is 371 g/mol. The van der Waals surface area contributed by atoms with E-state index in [1.54, 1.807) is 36.4 Å². The van der Waals surface area contributed by atoms with Crippen LogP contribution in [0.15, 0.2) is 53.3 Å². The van der Waals surface area contributed by atoms with Gasteiger partial charge < -0.3 is 10.4 Å². The van der Waals surface area contributed by atoms with Gasteiger partial charge in [-0.3, -0.25) is 9.59 Å². The van der Waals surface area contributed by atoms with E-state index in [2.05, 4.69) is 10.4 Å². The predicted octanol–water partition coefficient (Wildman–Crippen LogP) is 2.06. The van der Waals surface area contributed by atoms with Crippen LogP contribution in [0.5, 0.6) is 0 Å². The molecule has 0 saturated heterocycles. The second-order valence-corrected chi connectivity index (χ2v) is 5.94. The number of carboxylic acids is 1. The van der Waals surface area contributed by atoms with Gasteiger partial charge in [0, 0.05) is 17.0 Å². The van der Waals surface area contributed by atoms with Gasteiger partial charge in [0.1, 0.15) is 6.54 Å². The van der Waals surface area contributed by atoms with Gasteiger partial charge in [0.15, 0.2) is 5.69 Å². The Morgan fingerprint density at radius 1 is 1.08 bits per heavy atom. The third-order valence-corrected chi connectivity index (χ3v) is 4.17. The van der Waals surface area contributed by atoms with Crippen LogP contribution in [0.4, 0.5) is 0 Å². The van der Waals surface area contributed by atoms with E-state index in [1.807, 2.05) is 0 Å². The minimum Gasteiger partial charge on any atom is -0.476 e. The number of aromatic carboxylic acids is 1. The van der Waals surface area contributed by atoms with Crippen LogP contribution in [0.25, 0.3) is 10.8 Å². The first-order valence-corrected chi connectivity index (χ1v) is 8.08. The molecule has 0 radical (unpaired) electrons. The SMILES string of the molecule is O=C(Cn1nc(C(=O)O)c2ccccc2c1=O)NCc1ccccc1Cl. The fourth-order valence-corrected chi connectivity index (χ4v) is 2.73. The van der Waals surface area contributed by atoms with Crippen molar-refractivity contribution in [2.24, 2.45) is 0 Å². The molecule has 0 aliphatic rings. The van der Waals surface area contributed by atoms with Crippen LogP contribution in [0.3, 0.4) is 0 Å². The van der Waals surface area contributed by atoms with E-state index in [1.165, 1.54) is 12.1 Å². The normalized spacial score (nSPS) is 10.7. The number of halogens is 1. The average Bonchev–Trinajstić information content (AvgIpc) is 2.63. The molecule has 1 heterocycles. The third-order valence-electron chi connectivity index (χ3n) is 3.80. The Balaban J connectivity index is 1.85. The molecule has 0 saturated carbocycles. The summed E-state index contributed by atoms with van der Waals surface area (Å²) >= 11 is 6.03. The number of benzene rings is 2. The molecule has 0 spiro atoms. The van der Waals surface area contributed by atoms with Crippen LogP contribution in [-0.4, -0.2) is 26.8 Å². The molecular formula is C18H14ClN3O4. The van der Waals surface area contributed by atoms with Crippen LogP contribution in [0.1, 0.15) is 16.1 Å². The minimum atomic E-state index is -1.27. The molecule has 7 nitrogen and oxygen atoms in total. The highest BCUT2D eigenvalue weighted by Gasteiger charge is 2.17. The molecule has 0 bridgehead atoms. The number of carbonyl (C=O) groups excluding carboxylic acids is 1. The highest BCUT2D eigenvalue weighted by Crippen LogP contribution is 2.15. The summed E-state index contributed by atoms with van der Waals surface area (Å²) in [6.45, 7) is -0.207. The first-order valence-electron chi connectivity index (χ1n) is 7.70. The molecule has 0 atom stereocenters. The number of hydrogen-bond acceptors (Lipinski definition) is 4. The van der Waals surface area contributed by atoms with Crippen molar-refractivity contribution in [3.8, 4) is 0 Å². The van der Waals surface area contributed by atoms with Gasteiger partial charge >= 0.3 is 5.97 Å². The van der Waals surface area contributed by atoms with Crippen molar-refractivity contribution in [3.05, 3.63) is 75.2 Å². The molecule has 0 unspecified atom stereocenters. The first-order chi connectivity index (χ1) is 12.5. The van der Waals surface area contributed by atoms with Crippen LogP contribution in [0.2, 0.25) is 5.02 Å². The van der Waals surface area contributed by atoms with E-state index in [0.29, 0.717) is 5.02 Å². The zero-order valence-corrected chi connectivity index (χ0v) is 14.2. The fourth-order valence-electron chi connectivity index (χ4n) is 2.53. The number of fused-ring (bicyclic) bond motifs is 1. The summed E-state index contributed by atoms with van der Waals surface area (Å²) in [7, 11) is 0. The molecule has 2 aromatic carbocycles. The zero-order chi connectivity index (χ0) is 18.7. The zero-order valence-electron chi connectivity index (χ0n) is 13.5. The van der Waals surface area contributed by atoms with E-state index in [9.17, 15) is 19.5 Å². The van der Waals surface area contributed by atoms with E-state index in [4.69, 9.17) is 11.6 Å². The maximum absolute atomic E-state index is 12.5. The van der Waals surface area contributed by atoms with Gasteiger partial charge in [0.05, 0.1) is 5.39 Å². The number of hydrogen-bond donors (Lipinski definition) is 2. The summed E-state index contributed by atoms with van der Waals surface area (Å²) in [5.41, 5.74) is -0.0786. The largest absolute Gasteiger partial charge is 0.476 e. The molecule has 0 fully saturated rings. The topological polar surface area (TPSA) is 101 Å². The molecule has 3 rings (SSSR count). The molecule has 26 heavy (non-hydrogen) atoms. The van der Waals surface area contributed by atoms with Crippen molar-refractivity contribution in [3.63, 3.8) is 0 Å². The van der Waals surface area contributed by atoms with Crippen molar-refractivity contribution < 1.29 is 14.7 Å². The number of amides is 1. The van der Waals surface area contributed by atoms with E-state index >= 15 is 0 Å². The van der Waals surface area contributed by atoms with Gasteiger partial charge in [-0.2, -0.15) is 5.10 Å². The van der Waals surface area contributed by atoms with Gasteiger partial charge in [0.25, 0.3) is 5.56 Å². The molecule has 2 N–H and O–H groups in total. The van der Waals surface area contributed by atoms with E-state index < -0.39 is 24.0 Å². The quantitative estimate of drug-likeness (QED) is 0.715. The first kappa shape index (κ1) is 17.6. The standard InChI is InChI=1S/C18H14ClN3O4/c19-14-8-4-1-5-11(14)9-20-15(23)10-22-17(24)13-7-3-2-6-12(13)16(21-22)18(25)26/h1-8H,9-10H2,(H,20,23)(H,25,26). The fraction of sp³-hybridized carbons (Fsp3) is 0.111. The number of nitrogens with zero attached hydrogens (tertiary/aromatic N) is 2. The van der Waals surface area contributed by atoms with Crippen LogP contribution in [-0.2, 0) is 17.9 Å². The predicted molar refractivity (Wildman–Crippen MR) is 96.3 cm³/mol. The second-order valence-electron chi connectivity index (χ2n) is 5.53. The van der Waals surface area contributed by atoms with Crippen LogP contribution < -0.4 is 10.9 Å². The molecule has 3 aromatic rings. The van der Waals surface area contributed by atoms with Gasteiger partial charge in [-0.05, 0) is 17.7 Å². The Bertz CT molecular complexity index is 1060. The second kappa shape index (κ2) is 7.37. The smallest absolute Gasteiger partial charge is 0.357 e. The summed E-state index contributed by atoms with van der Waals surface area (Å²) < 4.78 is 0.855.